The average Bonchev–Trinajstić information content (AvgIpc) is 3.15. The van der Waals surface area contributed by atoms with Gasteiger partial charge < -0.3 is 15.0 Å². The van der Waals surface area contributed by atoms with Crippen molar-refractivity contribution in [2.24, 2.45) is 0 Å². The maximum absolute atomic E-state index is 13.0. The molecule has 1 aromatic heterocycles. The topological polar surface area (TPSA) is 78.2 Å². The monoisotopic (exact) mass is 434 g/mol. The molecule has 0 bridgehead atoms. The molecule has 1 N–H and O–H groups in total. The molecule has 0 radical (unpaired) electrons. The van der Waals surface area contributed by atoms with Gasteiger partial charge in [0.25, 0.3) is 0 Å². The number of hydrogen-bond acceptors (Lipinski definition) is 5. The van der Waals surface area contributed by atoms with Crippen molar-refractivity contribution < 1.29 is 22.7 Å². The Kier molecular flexibility index (Phi) is 7.07. The number of nitrogens with one attached hydrogen (secondary N) is 1. The zero-order valence-corrected chi connectivity index (χ0v) is 17.3. The van der Waals surface area contributed by atoms with Gasteiger partial charge in [-0.15, -0.1) is 6.42 Å². The summed E-state index contributed by atoms with van der Waals surface area (Å²) in [5, 5.41) is 12.5. The van der Waals surface area contributed by atoms with Crippen molar-refractivity contribution in [3.63, 3.8) is 0 Å². The Morgan fingerprint density at radius 1 is 1.26 bits per heavy atom. The van der Waals surface area contributed by atoms with Crippen molar-refractivity contribution in [3.8, 4) is 24.3 Å². The molecule has 6 nitrogen and oxygen atoms in total. The fourth-order valence-electron chi connectivity index (χ4n) is 4.19. The zero-order valence-electron chi connectivity index (χ0n) is 17.3. The Morgan fingerprint density at radius 2 is 1.94 bits per heavy atom. The number of rotatable bonds is 5. The van der Waals surface area contributed by atoms with Crippen molar-refractivity contribution in [2.75, 3.05) is 6.54 Å². The van der Waals surface area contributed by atoms with Crippen LogP contribution in [-0.2, 0) is 11.0 Å². The molecule has 0 unspecified atom stereocenters. The normalized spacial score (nSPS) is 26.2. The molecule has 31 heavy (non-hydrogen) atoms. The third-order valence-electron chi connectivity index (χ3n) is 5.78. The molecule has 1 aliphatic carbocycles. The predicted octanol–water partition coefficient (Wildman–Crippen LogP) is 3.20. The third-order valence-corrected chi connectivity index (χ3v) is 5.78. The van der Waals surface area contributed by atoms with Gasteiger partial charge in [-0.25, -0.2) is 4.98 Å². The highest BCUT2D eigenvalue weighted by Gasteiger charge is 2.36. The summed E-state index contributed by atoms with van der Waals surface area (Å²) >= 11 is 0. The van der Waals surface area contributed by atoms with E-state index < -0.39 is 17.8 Å². The molecule has 1 aliphatic heterocycles. The van der Waals surface area contributed by atoms with Gasteiger partial charge >= 0.3 is 6.18 Å². The van der Waals surface area contributed by atoms with E-state index in [0.717, 1.165) is 25.0 Å². The van der Waals surface area contributed by atoms with Crippen LogP contribution in [0.4, 0.5) is 13.2 Å². The first-order valence-electron chi connectivity index (χ1n) is 10.3. The van der Waals surface area contributed by atoms with Gasteiger partial charge in [-0.05, 0) is 51.5 Å². The number of nitrogens with zero attached hydrogens (tertiary/aromatic N) is 3. The van der Waals surface area contributed by atoms with E-state index in [-0.39, 0.29) is 42.2 Å². The molecule has 166 valence electrons. The van der Waals surface area contributed by atoms with Gasteiger partial charge in [0.2, 0.25) is 11.8 Å². The number of likely N-dealkylation sites (tertiary alicyclic amines) is 1. The van der Waals surface area contributed by atoms with E-state index in [0.29, 0.717) is 25.7 Å². The van der Waals surface area contributed by atoms with E-state index in [9.17, 15) is 23.2 Å². The highest BCUT2D eigenvalue weighted by molar-refractivity contribution is 5.80. The smallest absolute Gasteiger partial charge is 0.416 e. The lowest BCUT2D eigenvalue weighted by Gasteiger charge is -2.30. The second kappa shape index (κ2) is 9.57. The van der Waals surface area contributed by atoms with Crippen LogP contribution in [0.2, 0.25) is 0 Å². The molecule has 2 aliphatic rings. The van der Waals surface area contributed by atoms with Gasteiger partial charge in [0.15, 0.2) is 0 Å². The van der Waals surface area contributed by atoms with Gasteiger partial charge in [0.1, 0.15) is 12.1 Å². The van der Waals surface area contributed by atoms with Crippen LogP contribution >= 0.6 is 0 Å². The van der Waals surface area contributed by atoms with E-state index in [4.69, 9.17) is 11.2 Å². The number of terminal acetylenes is 1. The summed E-state index contributed by atoms with van der Waals surface area (Å²) in [4.78, 5) is 18.1. The molecule has 1 amide bonds. The lowest BCUT2D eigenvalue weighted by molar-refractivity contribution is -0.138. The van der Waals surface area contributed by atoms with Gasteiger partial charge in [-0.2, -0.15) is 18.4 Å². The van der Waals surface area contributed by atoms with Crippen molar-refractivity contribution in [3.05, 3.63) is 23.4 Å². The van der Waals surface area contributed by atoms with Crippen molar-refractivity contribution in [2.45, 2.75) is 75.9 Å². The first kappa shape index (κ1) is 22.9. The first-order valence-corrected chi connectivity index (χ1v) is 10.3. The standard InChI is InChI=1S/C22H25F3N4O2/c1-3-17-6-7-18(12-26)29(17)21(30)13-27-16-4-8-19(9-5-16)31-20-11-15(22(23,24)25)10-14(2)28-20/h1,10-11,16-19,27H,4-9,13H2,2H3/t16-,17-,18-,19-/m0/s1. The van der Waals surface area contributed by atoms with Gasteiger partial charge in [0.05, 0.1) is 24.2 Å². The van der Waals surface area contributed by atoms with Crippen LogP contribution in [0.15, 0.2) is 12.1 Å². The van der Waals surface area contributed by atoms with E-state index in [1.54, 1.807) is 0 Å². The molecule has 3 rings (SSSR count). The Balaban J connectivity index is 1.48. The summed E-state index contributed by atoms with van der Waals surface area (Å²) in [6.07, 6.45) is 4.74. The number of pyridine rings is 1. The molecule has 0 spiro atoms. The van der Waals surface area contributed by atoms with Crippen molar-refractivity contribution in [1.29, 1.82) is 5.26 Å². The molecule has 2 atom stereocenters. The maximum Gasteiger partial charge on any atom is 0.416 e. The summed E-state index contributed by atoms with van der Waals surface area (Å²) in [6.45, 7) is 1.60. The number of aromatic nitrogens is 1. The summed E-state index contributed by atoms with van der Waals surface area (Å²) in [6, 6.07) is 3.32. The number of amides is 1. The molecule has 2 heterocycles. The SMILES string of the molecule is C#C[C@H]1CC[C@@H](C#N)N1C(=O)CN[C@H]1CC[C@H](Oc2cc(C(F)(F)F)cc(C)n2)CC1. The highest BCUT2D eigenvalue weighted by Crippen LogP contribution is 2.32. The number of halogens is 3. The Labute approximate surface area is 179 Å². The number of nitriles is 1. The quantitative estimate of drug-likeness (QED) is 0.720. The van der Waals surface area contributed by atoms with Gasteiger partial charge in [-0.1, -0.05) is 5.92 Å². The van der Waals surface area contributed by atoms with E-state index in [1.165, 1.54) is 11.8 Å². The molecule has 2 fully saturated rings. The molecular formula is C22H25F3N4O2. The van der Waals surface area contributed by atoms with Crippen molar-refractivity contribution >= 4 is 5.91 Å². The fourth-order valence-corrected chi connectivity index (χ4v) is 4.19. The first-order chi connectivity index (χ1) is 14.7. The summed E-state index contributed by atoms with van der Waals surface area (Å²) in [5.74, 6) is 2.37. The molecule has 1 aromatic rings. The molecule has 1 saturated carbocycles. The van der Waals surface area contributed by atoms with Crippen LogP contribution in [0.5, 0.6) is 5.88 Å². The van der Waals surface area contributed by atoms with Crippen LogP contribution in [0.3, 0.4) is 0 Å². The lowest BCUT2D eigenvalue weighted by atomic mass is 9.93. The van der Waals surface area contributed by atoms with Crippen LogP contribution < -0.4 is 10.1 Å². The van der Waals surface area contributed by atoms with Crippen LogP contribution in [0.1, 0.15) is 49.8 Å². The van der Waals surface area contributed by atoms with Gasteiger partial charge in [-0.3, -0.25) is 4.79 Å². The predicted molar refractivity (Wildman–Crippen MR) is 107 cm³/mol. The number of carbonyl (C=O) groups is 1. The van der Waals surface area contributed by atoms with Crippen LogP contribution in [-0.4, -0.2) is 46.6 Å². The second-order valence-corrected chi connectivity index (χ2v) is 8.01. The zero-order chi connectivity index (χ0) is 22.6. The minimum Gasteiger partial charge on any atom is -0.474 e. The number of aryl methyl sites for hydroxylation is 1. The number of alkyl halides is 3. The van der Waals surface area contributed by atoms with Gasteiger partial charge in [0, 0.05) is 17.8 Å². The number of ether oxygens (including phenoxy) is 1. The third kappa shape index (κ3) is 5.68. The summed E-state index contributed by atoms with van der Waals surface area (Å²) in [5.41, 5.74) is -0.520. The van der Waals surface area contributed by atoms with E-state index in [1.807, 2.05) is 0 Å². The Bertz CT molecular complexity index is 860. The van der Waals surface area contributed by atoms with E-state index in [2.05, 4.69) is 22.3 Å². The summed E-state index contributed by atoms with van der Waals surface area (Å²) in [7, 11) is 0. The minimum absolute atomic E-state index is 0.0178. The Hall–Kier alpha value is -2.78. The lowest BCUT2D eigenvalue weighted by Crippen LogP contribution is -2.47. The number of carbonyl (C=O) groups excluding carboxylic acids is 1. The average molecular weight is 434 g/mol. The number of hydrogen-bond donors (Lipinski definition) is 1. The fraction of sp³-hybridized carbons (Fsp3) is 0.591. The molecule has 1 saturated heterocycles. The largest absolute Gasteiger partial charge is 0.474 e. The molecule has 0 aromatic carbocycles. The molecular weight excluding hydrogens is 409 g/mol. The molecule has 9 heteroatoms. The minimum atomic E-state index is -4.45. The van der Waals surface area contributed by atoms with E-state index >= 15 is 0 Å². The van der Waals surface area contributed by atoms with Crippen LogP contribution in [0, 0.1) is 30.6 Å². The summed E-state index contributed by atoms with van der Waals surface area (Å²) < 4.78 is 44.7. The second-order valence-electron chi connectivity index (χ2n) is 8.01. The highest BCUT2D eigenvalue weighted by atomic mass is 19.4. The Morgan fingerprint density at radius 3 is 2.55 bits per heavy atom. The van der Waals surface area contributed by atoms with Crippen molar-refractivity contribution in [1.82, 2.24) is 15.2 Å². The maximum atomic E-state index is 13.0. The van der Waals surface area contributed by atoms with Crippen LogP contribution in [0.25, 0.3) is 0 Å².